The maximum atomic E-state index is 13.2. The van der Waals surface area contributed by atoms with E-state index in [1.54, 1.807) is 0 Å². The summed E-state index contributed by atoms with van der Waals surface area (Å²) in [7, 11) is 0. The van der Waals surface area contributed by atoms with E-state index in [1.807, 2.05) is 30.3 Å². The lowest BCUT2D eigenvalue weighted by molar-refractivity contribution is -0.0436. The highest BCUT2D eigenvalue weighted by molar-refractivity contribution is 5.67. The van der Waals surface area contributed by atoms with E-state index in [2.05, 4.69) is 5.32 Å². The molecular weight excluding hydrogens is 252 g/mol. The second-order valence-corrected chi connectivity index (χ2v) is 4.86. The van der Waals surface area contributed by atoms with Crippen LogP contribution in [-0.2, 0) is 11.3 Å². The Hall–Kier alpha value is -1.65. The Morgan fingerprint density at radius 3 is 2.79 bits per heavy atom. The van der Waals surface area contributed by atoms with Crippen molar-refractivity contribution in [3.63, 3.8) is 0 Å². The van der Waals surface area contributed by atoms with Gasteiger partial charge in [0.2, 0.25) is 5.92 Å². The Bertz CT molecular complexity index is 423. The highest BCUT2D eigenvalue weighted by Crippen LogP contribution is 2.33. The van der Waals surface area contributed by atoms with Crippen molar-refractivity contribution in [2.45, 2.75) is 44.3 Å². The number of carbonyl (C=O) groups excluding carboxylic acids is 1. The fraction of sp³-hybridized carbons (Fsp3) is 0.500. The molecule has 0 unspecified atom stereocenters. The number of nitrogens with one attached hydrogen (secondary N) is 1. The molecule has 0 radical (unpaired) electrons. The van der Waals surface area contributed by atoms with Crippen LogP contribution in [0.2, 0.25) is 0 Å². The maximum Gasteiger partial charge on any atom is 0.407 e. The van der Waals surface area contributed by atoms with Gasteiger partial charge in [-0.3, -0.25) is 0 Å². The molecule has 0 aliphatic heterocycles. The number of benzene rings is 1. The number of carbonyl (C=O) groups is 1. The van der Waals surface area contributed by atoms with E-state index in [1.165, 1.54) is 0 Å². The third-order valence-corrected chi connectivity index (χ3v) is 3.17. The molecule has 1 aromatic carbocycles. The van der Waals surface area contributed by atoms with Crippen molar-refractivity contribution in [1.29, 1.82) is 0 Å². The van der Waals surface area contributed by atoms with Crippen molar-refractivity contribution >= 4 is 6.09 Å². The number of rotatable bonds is 3. The van der Waals surface area contributed by atoms with Gasteiger partial charge >= 0.3 is 6.09 Å². The molecule has 1 aliphatic rings. The van der Waals surface area contributed by atoms with Crippen LogP contribution in [0.3, 0.4) is 0 Å². The second-order valence-electron chi connectivity index (χ2n) is 4.86. The van der Waals surface area contributed by atoms with E-state index >= 15 is 0 Å². The Morgan fingerprint density at radius 2 is 2.11 bits per heavy atom. The van der Waals surface area contributed by atoms with Crippen LogP contribution in [0.4, 0.5) is 13.6 Å². The number of amides is 1. The molecule has 3 nitrogen and oxygen atoms in total. The Kier molecular flexibility index (Phi) is 4.35. The zero-order valence-electron chi connectivity index (χ0n) is 10.6. The van der Waals surface area contributed by atoms with Crippen LogP contribution >= 0.6 is 0 Å². The van der Waals surface area contributed by atoms with Crippen molar-refractivity contribution in [2.75, 3.05) is 0 Å². The summed E-state index contributed by atoms with van der Waals surface area (Å²) in [5.41, 5.74) is 0.867. The van der Waals surface area contributed by atoms with E-state index in [4.69, 9.17) is 4.74 Å². The standard InChI is InChI=1S/C14H17F2NO2/c15-14(16)8-4-7-12(9-14)17-13(18)19-10-11-5-2-1-3-6-11/h1-3,5-6,12H,4,7-10H2,(H,17,18)/t12-/m1/s1. The smallest absolute Gasteiger partial charge is 0.407 e. The van der Waals surface area contributed by atoms with Crippen molar-refractivity contribution in [1.82, 2.24) is 5.32 Å². The summed E-state index contributed by atoms with van der Waals surface area (Å²) in [6.07, 6.45) is -0.0174. The van der Waals surface area contributed by atoms with Gasteiger partial charge in [-0.05, 0) is 18.4 Å². The SMILES string of the molecule is O=C(N[C@@H]1CCCC(F)(F)C1)OCc1ccccc1. The molecule has 0 spiro atoms. The molecule has 1 atom stereocenters. The minimum absolute atomic E-state index is 0.0930. The molecule has 2 rings (SSSR count). The summed E-state index contributed by atoms with van der Waals surface area (Å²) in [4.78, 5) is 11.5. The number of alkyl carbamates (subject to hydrolysis) is 1. The number of halogens is 2. The third kappa shape index (κ3) is 4.50. The number of hydrogen-bond acceptors (Lipinski definition) is 2. The molecule has 0 aromatic heterocycles. The Balaban J connectivity index is 1.75. The lowest BCUT2D eigenvalue weighted by Crippen LogP contribution is -2.42. The number of hydrogen-bond donors (Lipinski definition) is 1. The van der Waals surface area contributed by atoms with Crippen LogP contribution in [0.1, 0.15) is 31.2 Å². The summed E-state index contributed by atoms with van der Waals surface area (Å²) in [5, 5.41) is 2.50. The quantitative estimate of drug-likeness (QED) is 0.912. The van der Waals surface area contributed by atoms with Gasteiger partial charge in [0.1, 0.15) is 6.61 Å². The zero-order valence-corrected chi connectivity index (χ0v) is 10.6. The molecule has 1 amide bonds. The highest BCUT2D eigenvalue weighted by Gasteiger charge is 2.36. The van der Waals surface area contributed by atoms with Gasteiger partial charge in [0.25, 0.3) is 0 Å². The van der Waals surface area contributed by atoms with E-state index in [0.29, 0.717) is 12.8 Å². The first kappa shape index (κ1) is 13.8. The van der Waals surface area contributed by atoms with Gasteiger partial charge in [0.05, 0.1) is 0 Å². The minimum atomic E-state index is -2.67. The molecule has 1 aliphatic carbocycles. The van der Waals surface area contributed by atoms with Crippen molar-refractivity contribution in [2.24, 2.45) is 0 Å². The van der Waals surface area contributed by atoms with Crippen molar-refractivity contribution in [3.8, 4) is 0 Å². The first-order valence-corrected chi connectivity index (χ1v) is 6.40. The predicted molar refractivity (Wildman–Crippen MR) is 67.0 cm³/mol. The van der Waals surface area contributed by atoms with Crippen LogP contribution in [0.5, 0.6) is 0 Å². The molecule has 1 N–H and O–H groups in total. The predicted octanol–water partition coefficient (Wildman–Crippen LogP) is 3.49. The Morgan fingerprint density at radius 1 is 1.37 bits per heavy atom. The van der Waals surface area contributed by atoms with Gasteiger partial charge in [-0.1, -0.05) is 30.3 Å². The summed E-state index contributed by atoms with van der Waals surface area (Å²) >= 11 is 0. The van der Waals surface area contributed by atoms with Crippen LogP contribution in [0.25, 0.3) is 0 Å². The second kappa shape index (κ2) is 5.99. The topological polar surface area (TPSA) is 38.3 Å². The first-order valence-electron chi connectivity index (χ1n) is 6.40. The fourth-order valence-electron chi connectivity index (χ4n) is 2.23. The van der Waals surface area contributed by atoms with Gasteiger partial charge in [-0.15, -0.1) is 0 Å². The average Bonchev–Trinajstić information content (AvgIpc) is 2.36. The first-order chi connectivity index (χ1) is 9.05. The van der Waals surface area contributed by atoms with Crippen molar-refractivity contribution in [3.05, 3.63) is 35.9 Å². The average molecular weight is 269 g/mol. The Labute approximate surface area is 111 Å². The highest BCUT2D eigenvalue weighted by atomic mass is 19.3. The van der Waals surface area contributed by atoms with Gasteiger partial charge in [-0.25, -0.2) is 13.6 Å². The lowest BCUT2D eigenvalue weighted by atomic mass is 9.92. The summed E-state index contributed by atoms with van der Waals surface area (Å²) in [6.45, 7) is 0.149. The maximum absolute atomic E-state index is 13.2. The number of ether oxygens (including phenoxy) is 1. The molecule has 19 heavy (non-hydrogen) atoms. The molecule has 0 saturated heterocycles. The normalized spacial score (nSPS) is 21.7. The zero-order chi connectivity index (χ0) is 13.7. The van der Waals surface area contributed by atoms with E-state index in [-0.39, 0.29) is 19.4 Å². The van der Waals surface area contributed by atoms with Gasteiger partial charge in [0, 0.05) is 18.9 Å². The lowest BCUT2D eigenvalue weighted by Gasteiger charge is -2.29. The number of alkyl halides is 2. The summed E-state index contributed by atoms with van der Waals surface area (Å²) in [6, 6.07) is 8.74. The third-order valence-electron chi connectivity index (χ3n) is 3.17. The largest absolute Gasteiger partial charge is 0.445 e. The fourth-order valence-corrected chi connectivity index (χ4v) is 2.23. The molecule has 0 heterocycles. The van der Waals surface area contributed by atoms with Gasteiger partial charge in [-0.2, -0.15) is 0 Å². The summed E-state index contributed by atoms with van der Waals surface area (Å²) in [5.74, 6) is -2.67. The minimum Gasteiger partial charge on any atom is -0.445 e. The van der Waals surface area contributed by atoms with E-state index < -0.39 is 18.1 Å². The molecule has 1 aromatic rings. The van der Waals surface area contributed by atoms with E-state index in [0.717, 1.165) is 5.56 Å². The molecule has 0 bridgehead atoms. The van der Waals surface area contributed by atoms with Crippen LogP contribution in [0, 0.1) is 0 Å². The summed E-state index contributed by atoms with van der Waals surface area (Å²) < 4.78 is 31.3. The van der Waals surface area contributed by atoms with E-state index in [9.17, 15) is 13.6 Å². The van der Waals surface area contributed by atoms with Gasteiger partial charge < -0.3 is 10.1 Å². The molecule has 1 saturated carbocycles. The molecule has 1 fully saturated rings. The monoisotopic (exact) mass is 269 g/mol. The molecule has 5 heteroatoms. The van der Waals surface area contributed by atoms with Gasteiger partial charge in [0.15, 0.2) is 0 Å². The van der Waals surface area contributed by atoms with Crippen LogP contribution in [0.15, 0.2) is 30.3 Å². The molecular formula is C14H17F2NO2. The van der Waals surface area contributed by atoms with Crippen LogP contribution in [-0.4, -0.2) is 18.1 Å². The van der Waals surface area contributed by atoms with Crippen LogP contribution < -0.4 is 5.32 Å². The van der Waals surface area contributed by atoms with Crippen molar-refractivity contribution < 1.29 is 18.3 Å². The molecule has 104 valence electrons.